The predicted octanol–water partition coefficient (Wildman–Crippen LogP) is 2.52. The van der Waals surface area contributed by atoms with Crippen LogP contribution in [0, 0.1) is 5.92 Å². The van der Waals surface area contributed by atoms with Crippen molar-refractivity contribution in [1.82, 2.24) is 4.90 Å². The average Bonchev–Trinajstić information content (AvgIpc) is 2.72. The van der Waals surface area contributed by atoms with Gasteiger partial charge in [0.1, 0.15) is 6.23 Å². The van der Waals surface area contributed by atoms with Gasteiger partial charge in [0.15, 0.2) is 11.5 Å². The zero-order valence-electron chi connectivity index (χ0n) is 15.7. The molecule has 2 aliphatic rings. The smallest absolute Gasteiger partial charge is 0.161 e. The molecule has 0 amide bonds. The highest BCUT2D eigenvalue weighted by Crippen LogP contribution is 2.47. The molecule has 2 aliphatic heterocycles. The molecule has 0 aromatic heterocycles. The summed E-state index contributed by atoms with van der Waals surface area (Å²) in [5.41, 5.74) is 10.3. The second-order valence-corrected chi connectivity index (χ2v) is 7.10. The van der Waals surface area contributed by atoms with Gasteiger partial charge in [0.25, 0.3) is 0 Å². The summed E-state index contributed by atoms with van der Waals surface area (Å²) in [6, 6.07) is 12.0. The van der Waals surface area contributed by atoms with Gasteiger partial charge in [-0.05, 0) is 35.7 Å². The number of nitrogen functional groups attached to an aromatic ring is 1. The lowest BCUT2D eigenvalue weighted by Gasteiger charge is -2.49. The van der Waals surface area contributed by atoms with Gasteiger partial charge in [-0.25, -0.2) is 0 Å². The van der Waals surface area contributed by atoms with Crippen molar-refractivity contribution in [2.45, 2.75) is 18.7 Å². The Hall–Kier alpha value is -2.28. The third kappa shape index (κ3) is 3.04. The Morgan fingerprint density at radius 2 is 1.89 bits per heavy atom. The van der Waals surface area contributed by atoms with Crippen LogP contribution in [0.2, 0.25) is 0 Å². The maximum absolute atomic E-state index is 10.0. The van der Waals surface area contributed by atoms with Crippen LogP contribution in [-0.2, 0) is 11.2 Å². The minimum atomic E-state index is -0.222. The van der Waals surface area contributed by atoms with Crippen molar-refractivity contribution < 1.29 is 19.3 Å². The fourth-order valence-electron chi connectivity index (χ4n) is 4.34. The first kappa shape index (κ1) is 18.1. The van der Waals surface area contributed by atoms with E-state index in [1.807, 2.05) is 30.3 Å². The van der Waals surface area contributed by atoms with E-state index in [0.717, 1.165) is 30.0 Å². The van der Waals surface area contributed by atoms with Gasteiger partial charge in [-0.15, -0.1) is 0 Å². The zero-order valence-corrected chi connectivity index (χ0v) is 15.7. The number of para-hydroxylation sites is 1. The highest BCUT2D eigenvalue weighted by atomic mass is 16.5. The summed E-state index contributed by atoms with van der Waals surface area (Å²) in [4.78, 5) is 2.31. The van der Waals surface area contributed by atoms with E-state index in [1.54, 1.807) is 14.2 Å². The van der Waals surface area contributed by atoms with Gasteiger partial charge in [0, 0.05) is 36.4 Å². The molecular formula is C21H26N2O4. The van der Waals surface area contributed by atoms with Gasteiger partial charge in [-0.1, -0.05) is 18.2 Å². The van der Waals surface area contributed by atoms with Crippen LogP contribution in [0.1, 0.15) is 29.0 Å². The topological polar surface area (TPSA) is 77.2 Å². The number of aliphatic hydroxyl groups excluding tert-OH is 1. The lowest BCUT2D eigenvalue weighted by Crippen LogP contribution is -2.49. The molecule has 144 valence electrons. The number of hydrogen-bond donors (Lipinski definition) is 2. The first-order valence-electron chi connectivity index (χ1n) is 9.25. The van der Waals surface area contributed by atoms with E-state index < -0.39 is 0 Å². The number of methoxy groups -OCH3 is 2. The molecule has 1 saturated heterocycles. The molecule has 3 unspecified atom stereocenters. The number of nitrogens with zero attached hydrogens (tertiary/aromatic N) is 1. The van der Waals surface area contributed by atoms with Crippen LogP contribution >= 0.6 is 0 Å². The number of ether oxygens (including phenoxy) is 3. The molecular weight excluding hydrogens is 344 g/mol. The number of anilines is 1. The van der Waals surface area contributed by atoms with E-state index in [-0.39, 0.29) is 24.8 Å². The fraction of sp³-hybridized carbons (Fsp3) is 0.429. The van der Waals surface area contributed by atoms with Gasteiger partial charge < -0.3 is 25.1 Å². The van der Waals surface area contributed by atoms with Crippen LogP contribution in [0.15, 0.2) is 36.4 Å². The van der Waals surface area contributed by atoms with Crippen LogP contribution in [0.25, 0.3) is 0 Å². The molecule has 2 aromatic carbocycles. The first-order chi connectivity index (χ1) is 13.2. The van der Waals surface area contributed by atoms with E-state index in [0.29, 0.717) is 12.4 Å². The Bertz CT molecular complexity index is 826. The highest BCUT2D eigenvalue weighted by Gasteiger charge is 2.43. The van der Waals surface area contributed by atoms with E-state index in [2.05, 4.69) is 11.0 Å². The first-order valence-corrected chi connectivity index (χ1v) is 9.25. The van der Waals surface area contributed by atoms with Gasteiger partial charge >= 0.3 is 0 Å². The molecule has 3 N–H and O–H groups in total. The van der Waals surface area contributed by atoms with Crippen molar-refractivity contribution in [3.63, 3.8) is 0 Å². The molecule has 3 atom stereocenters. The van der Waals surface area contributed by atoms with E-state index in [4.69, 9.17) is 19.9 Å². The molecule has 2 heterocycles. The van der Waals surface area contributed by atoms with Crippen LogP contribution in [0.4, 0.5) is 5.69 Å². The summed E-state index contributed by atoms with van der Waals surface area (Å²) in [5, 5.41) is 10.0. The third-order valence-corrected chi connectivity index (χ3v) is 5.67. The van der Waals surface area contributed by atoms with E-state index in [9.17, 15) is 5.11 Å². The SMILES string of the molecule is COc1cc2c(cc1OC)C1C(CO)COC(c3ccccc3N)N1CC2. The largest absolute Gasteiger partial charge is 0.493 e. The standard InChI is InChI=1S/C21H26N2O4/c1-25-18-9-13-7-8-23-20(16(13)10-19(18)26-2)14(11-24)12-27-21(23)15-5-3-4-6-17(15)22/h3-6,9-10,14,20-21,24H,7-8,11-12,22H2,1-2H3. The Labute approximate surface area is 159 Å². The minimum absolute atomic E-state index is 0.0108. The summed E-state index contributed by atoms with van der Waals surface area (Å²) < 4.78 is 17.2. The summed E-state index contributed by atoms with van der Waals surface area (Å²) >= 11 is 0. The summed E-state index contributed by atoms with van der Waals surface area (Å²) in [6.07, 6.45) is 0.650. The number of aliphatic hydroxyl groups is 1. The number of rotatable bonds is 4. The predicted molar refractivity (Wildman–Crippen MR) is 103 cm³/mol. The van der Waals surface area contributed by atoms with Gasteiger partial charge in [-0.3, -0.25) is 4.90 Å². The fourth-order valence-corrected chi connectivity index (χ4v) is 4.34. The normalized spacial score (nSPS) is 24.8. The van der Waals surface area contributed by atoms with Crippen molar-refractivity contribution in [3.05, 3.63) is 53.1 Å². The second kappa shape index (κ2) is 7.38. The highest BCUT2D eigenvalue weighted by molar-refractivity contribution is 5.51. The summed E-state index contributed by atoms with van der Waals surface area (Å²) in [7, 11) is 3.30. The van der Waals surface area contributed by atoms with Crippen molar-refractivity contribution in [2.24, 2.45) is 5.92 Å². The van der Waals surface area contributed by atoms with Crippen molar-refractivity contribution in [1.29, 1.82) is 0 Å². The minimum Gasteiger partial charge on any atom is -0.493 e. The molecule has 2 aromatic rings. The lowest BCUT2D eigenvalue weighted by molar-refractivity contribution is -0.166. The maximum atomic E-state index is 10.0. The zero-order chi connectivity index (χ0) is 19.0. The Morgan fingerprint density at radius 1 is 1.15 bits per heavy atom. The molecule has 0 bridgehead atoms. The van der Waals surface area contributed by atoms with Crippen molar-refractivity contribution in [3.8, 4) is 11.5 Å². The number of nitrogens with two attached hydrogens (primary N) is 1. The van der Waals surface area contributed by atoms with Crippen LogP contribution in [0.5, 0.6) is 11.5 Å². The van der Waals surface area contributed by atoms with Gasteiger partial charge in [-0.2, -0.15) is 0 Å². The summed E-state index contributed by atoms with van der Waals surface area (Å²) in [5.74, 6) is 1.43. The third-order valence-electron chi connectivity index (χ3n) is 5.67. The van der Waals surface area contributed by atoms with Gasteiger partial charge in [0.05, 0.1) is 20.8 Å². The maximum Gasteiger partial charge on any atom is 0.161 e. The van der Waals surface area contributed by atoms with E-state index >= 15 is 0 Å². The molecule has 27 heavy (non-hydrogen) atoms. The van der Waals surface area contributed by atoms with E-state index in [1.165, 1.54) is 11.1 Å². The molecule has 6 heteroatoms. The molecule has 0 saturated carbocycles. The Kier molecular flexibility index (Phi) is 4.95. The molecule has 4 rings (SSSR count). The molecule has 6 nitrogen and oxygen atoms in total. The molecule has 0 aliphatic carbocycles. The van der Waals surface area contributed by atoms with Crippen molar-refractivity contribution in [2.75, 3.05) is 39.7 Å². The van der Waals surface area contributed by atoms with Crippen LogP contribution < -0.4 is 15.2 Å². The summed E-state index contributed by atoms with van der Waals surface area (Å²) in [6.45, 7) is 1.36. The Morgan fingerprint density at radius 3 is 2.59 bits per heavy atom. The average molecular weight is 370 g/mol. The van der Waals surface area contributed by atoms with Gasteiger partial charge in [0.2, 0.25) is 0 Å². The molecule has 1 fully saturated rings. The molecule has 0 radical (unpaired) electrons. The number of benzene rings is 2. The van der Waals surface area contributed by atoms with Crippen LogP contribution in [0.3, 0.4) is 0 Å². The number of hydrogen-bond acceptors (Lipinski definition) is 6. The van der Waals surface area contributed by atoms with Crippen LogP contribution in [-0.4, -0.2) is 44.0 Å². The second-order valence-electron chi connectivity index (χ2n) is 7.10. The lowest BCUT2D eigenvalue weighted by atomic mass is 9.83. The number of fused-ring (bicyclic) bond motifs is 3. The molecule has 0 spiro atoms. The quantitative estimate of drug-likeness (QED) is 0.806. The monoisotopic (exact) mass is 370 g/mol. The van der Waals surface area contributed by atoms with Crippen molar-refractivity contribution >= 4 is 5.69 Å². The Balaban J connectivity index is 1.78.